The first-order chi connectivity index (χ1) is 7.22. The maximum absolute atomic E-state index is 11.8. The van der Waals surface area contributed by atoms with Gasteiger partial charge in [0.2, 0.25) is 0 Å². The SMILES string of the molecule is Cc1ccc2c(=O)n(CC=O)cnc2c1. The molecule has 2 rings (SSSR count). The molecule has 15 heavy (non-hydrogen) atoms. The highest BCUT2D eigenvalue weighted by Crippen LogP contribution is 2.08. The van der Waals surface area contributed by atoms with E-state index in [9.17, 15) is 9.59 Å². The largest absolute Gasteiger partial charge is 0.301 e. The minimum atomic E-state index is -0.174. The number of hydrogen-bond donors (Lipinski definition) is 0. The van der Waals surface area contributed by atoms with Crippen LogP contribution >= 0.6 is 0 Å². The van der Waals surface area contributed by atoms with Crippen molar-refractivity contribution >= 4 is 17.2 Å². The normalized spacial score (nSPS) is 10.5. The van der Waals surface area contributed by atoms with Gasteiger partial charge in [-0.2, -0.15) is 0 Å². The molecule has 76 valence electrons. The van der Waals surface area contributed by atoms with Gasteiger partial charge in [0.1, 0.15) is 6.29 Å². The van der Waals surface area contributed by atoms with Crippen molar-refractivity contribution in [2.75, 3.05) is 0 Å². The number of nitrogens with zero attached hydrogens (tertiary/aromatic N) is 2. The molecular weight excluding hydrogens is 192 g/mol. The van der Waals surface area contributed by atoms with E-state index in [0.717, 1.165) is 5.56 Å². The molecule has 0 saturated carbocycles. The number of hydrogen-bond acceptors (Lipinski definition) is 3. The van der Waals surface area contributed by atoms with Crippen molar-refractivity contribution in [2.24, 2.45) is 0 Å². The van der Waals surface area contributed by atoms with Crippen molar-refractivity contribution in [1.29, 1.82) is 0 Å². The van der Waals surface area contributed by atoms with E-state index in [4.69, 9.17) is 0 Å². The fourth-order valence-corrected chi connectivity index (χ4v) is 1.48. The van der Waals surface area contributed by atoms with Crippen molar-refractivity contribution in [3.05, 3.63) is 40.4 Å². The second kappa shape index (κ2) is 3.65. The van der Waals surface area contributed by atoms with Crippen molar-refractivity contribution in [1.82, 2.24) is 9.55 Å². The molecule has 0 spiro atoms. The van der Waals surface area contributed by atoms with E-state index in [1.54, 1.807) is 6.07 Å². The van der Waals surface area contributed by atoms with E-state index < -0.39 is 0 Å². The van der Waals surface area contributed by atoms with Crippen LogP contribution in [0.25, 0.3) is 10.9 Å². The lowest BCUT2D eigenvalue weighted by atomic mass is 10.2. The van der Waals surface area contributed by atoms with Crippen LogP contribution in [0.1, 0.15) is 5.56 Å². The number of rotatable bonds is 2. The Morgan fingerprint density at radius 1 is 1.47 bits per heavy atom. The van der Waals surface area contributed by atoms with Crippen molar-refractivity contribution < 1.29 is 4.79 Å². The maximum atomic E-state index is 11.8. The second-order valence-electron chi connectivity index (χ2n) is 3.39. The summed E-state index contributed by atoms with van der Waals surface area (Å²) >= 11 is 0. The van der Waals surface area contributed by atoms with E-state index in [2.05, 4.69) is 4.98 Å². The van der Waals surface area contributed by atoms with Crippen LogP contribution in [-0.2, 0) is 11.3 Å². The Labute approximate surface area is 86.2 Å². The molecule has 0 N–H and O–H groups in total. The van der Waals surface area contributed by atoms with Crippen LogP contribution in [0.3, 0.4) is 0 Å². The number of aromatic nitrogens is 2. The molecule has 0 unspecified atom stereocenters. The van der Waals surface area contributed by atoms with Gasteiger partial charge in [0.15, 0.2) is 0 Å². The van der Waals surface area contributed by atoms with Crippen molar-refractivity contribution in [3.8, 4) is 0 Å². The number of fused-ring (bicyclic) bond motifs is 1. The Hall–Kier alpha value is -1.97. The summed E-state index contributed by atoms with van der Waals surface area (Å²) in [5.74, 6) is 0. The van der Waals surface area contributed by atoms with Crippen LogP contribution in [0, 0.1) is 6.92 Å². The van der Waals surface area contributed by atoms with Gasteiger partial charge in [0.25, 0.3) is 5.56 Å². The molecule has 0 aliphatic rings. The number of benzene rings is 1. The van der Waals surface area contributed by atoms with Crippen molar-refractivity contribution in [2.45, 2.75) is 13.5 Å². The molecule has 4 heteroatoms. The molecule has 0 radical (unpaired) electrons. The summed E-state index contributed by atoms with van der Waals surface area (Å²) in [6.45, 7) is 1.99. The fraction of sp³-hybridized carbons (Fsp3) is 0.182. The highest BCUT2D eigenvalue weighted by molar-refractivity contribution is 5.78. The summed E-state index contributed by atoms with van der Waals surface area (Å²) in [6.07, 6.45) is 2.08. The number of carbonyl (C=O) groups excluding carboxylic acids is 1. The third kappa shape index (κ3) is 1.66. The molecule has 4 nitrogen and oxygen atoms in total. The predicted molar refractivity (Wildman–Crippen MR) is 56.8 cm³/mol. The number of carbonyl (C=O) groups is 1. The first-order valence-corrected chi connectivity index (χ1v) is 4.62. The van der Waals surface area contributed by atoms with Crippen LogP contribution in [0.5, 0.6) is 0 Å². The van der Waals surface area contributed by atoms with Crippen LogP contribution in [0.15, 0.2) is 29.3 Å². The van der Waals surface area contributed by atoms with Crippen molar-refractivity contribution in [3.63, 3.8) is 0 Å². The molecule has 1 aromatic heterocycles. The van der Waals surface area contributed by atoms with Gasteiger partial charge >= 0.3 is 0 Å². The zero-order chi connectivity index (χ0) is 10.8. The number of aryl methyl sites for hydroxylation is 1. The van der Waals surface area contributed by atoms with E-state index in [0.29, 0.717) is 17.2 Å². The third-order valence-electron chi connectivity index (χ3n) is 2.25. The minimum absolute atomic E-state index is 0.0512. The quantitative estimate of drug-likeness (QED) is 0.680. The minimum Gasteiger partial charge on any atom is -0.301 e. The molecule has 0 saturated heterocycles. The van der Waals surface area contributed by atoms with Crippen LogP contribution in [-0.4, -0.2) is 15.8 Å². The van der Waals surface area contributed by atoms with Crippen LogP contribution < -0.4 is 5.56 Å². The molecule has 0 fully saturated rings. The van der Waals surface area contributed by atoms with Crippen LogP contribution in [0.4, 0.5) is 0 Å². The van der Waals surface area contributed by atoms with Gasteiger partial charge in [-0.3, -0.25) is 9.36 Å². The summed E-state index contributed by atoms with van der Waals surface area (Å²) in [5.41, 5.74) is 1.55. The Balaban J connectivity index is 2.74. The average molecular weight is 202 g/mol. The molecule has 0 aliphatic carbocycles. The lowest BCUT2D eigenvalue weighted by Crippen LogP contribution is -2.21. The smallest absolute Gasteiger partial charge is 0.261 e. The van der Waals surface area contributed by atoms with Crippen LogP contribution in [0.2, 0.25) is 0 Å². The molecular formula is C11H10N2O2. The molecule has 0 atom stereocenters. The van der Waals surface area contributed by atoms with Gasteiger partial charge < -0.3 is 4.79 Å². The van der Waals surface area contributed by atoms with E-state index in [-0.39, 0.29) is 12.1 Å². The summed E-state index contributed by atoms with van der Waals surface area (Å²) < 4.78 is 1.30. The van der Waals surface area contributed by atoms with Gasteiger partial charge in [-0.1, -0.05) is 6.07 Å². The summed E-state index contributed by atoms with van der Waals surface area (Å²) in [4.78, 5) is 26.2. The first kappa shape index (κ1) is 9.58. The van der Waals surface area contributed by atoms with Gasteiger partial charge in [-0.15, -0.1) is 0 Å². The lowest BCUT2D eigenvalue weighted by Gasteiger charge is -2.02. The zero-order valence-corrected chi connectivity index (χ0v) is 8.30. The summed E-state index contributed by atoms with van der Waals surface area (Å²) in [6, 6.07) is 5.44. The van der Waals surface area contributed by atoms with Gasteiger partial charge in [0, 0.05) is 0 Å². The molecule has 0 bridgehead atoms. The summed E-state index contributed by atoms with van der Waals surface area (Å²) in [7, 11) is 0. The maximum Gasteiger partial charge on any atom is 0.261 e. The predicted octanol–water partition coefficient (Wildman–Crippen LogP) is 0.904. The molecule has 0 aliphatic heterocycles. The van der Waals surface area contributed by atoms with Gasteiger partial charge in [-0.05, 0) is 24.6 Å². The Morgan fingerprint density at radius 2 is 2.27 bits per heavy atom. The van der Waals surface area contributed by atoms with E-state index >= 15 is 0 Å². The Morgan fingerprint density at radius 3 is 3.00 bits per heavy atom. The molecule has 0 amide bonds. The van der Waals surface area contributed by atoms with E-state index in [1.807, 2.05) is 19.1 Å². The molecule has 2 aromatic rings. The van der Waals surface area contributed by atoms with Gasteiger partial charge in [-0.25, -0.2) is 4.98 Å². The third-order valence-corrected chi connectivity index (χ3v) is 2.25. The Kier molecular flexibility index (Phi) is 2.33. The highest BCUT2D eigenvalue weighted by atomic mass is 16.1. The fourth-order valence-electron chi connectivity index (χ4n) is 1.48. The standard InChI is InChI=1S/C11H10N2O2/c1-8-2-3-9-10(6-8)12-7-13(4-5-14)11(9)15/h2-3,5-7H,4H2,1H3. The lowest BCUT2D eigenvalue weighted by molar-refractivity contribution is -0.108. The average Bonchev–Trinajstić information content (AvgIpc) is 2.22. The zero-order valence-electron chi connectivity index (χ0n) is 8.30. The monoisotopic (exact) mass is 202 g/mol. The Bertz CT molecular complexity index is 572. The van der Waals surface area contributed by atoms with E-state index in [1.165, 1.54) is 10.9 Å². The number of aldehydes is 1. The topological polar surface area (TPSA) is 52.0 Å². The molecule has 1 heterocycles. The van der Waals surface area contributed by atoms with Gasteiger partial charge in [0.05, 0.1) is 23.8 Å². The molecule has 1 aromatic carbocycles. The first-order valence-electron chi connectivity index (χ1n) is 4.62. The highest BCUT2D eigenvalue weighted by Gasteiger charge is 2.02. The summed E-state index contributed by atoms with van der Waals surface area (Å²) in [5, 5.41) is 0.546. The second-order valence-corrected chi connectivity index (χ2v) is 3.39.